The van der Waals surface area contributed by atoms with E-state index >= 15 is 0 Å². The largest absolute Gasteiger partial charge is 0.494 e. The van der Waals surface area contributed by atoms with E-state index in [1.807, 2.05) is 18.2 Å². The number of ether oxygens (including phenoxy) is 2. The van der Waals surface area contributed by atoms with E-state index in [9.17, 15) is 9.65 Å². The van der Waals surface area contributed by atoms with E-state index in [-0.39, 0.29) is 29.0 Å². The Morgan fingerprint density at radius 2 is 1.88 bits per heavy atom. The number of aromatic nitrogens is 2. The van der Waals surface area contributed by atoms with Crippen LogP contribution < -0.4 is 30.3 Å². The van der Waals surface area contributed by atoms with Crippen LogP contribution >= 0.6 is 11.6 Å². The average Bonchev–Trinajstić information content (AvgIpc) is 2.99. The Bertz CT molecular complexity index is 1540. The molecule has 11 heteroatoms. The molecule has 1 aliphatic rings. The maximum atomic E-state index is 14.0. The number of nitrogens with zero attached hydrogens (tertiary/aromatic N) is 4. The lowest BCUT2D eigenvalue weighted by atomic mass is 10.1. The maximum absolute atomic E-state index is 14.0. The van der Waals surface area contributed by atoms with Gasteiger partial charge in [-0.25, -0.2) is 9.37 Å². The Hall–Kier alpha value is -4.59. The molecule has 0 radical (unpaired) electrons. The van der Waals surface area contributed by atoms with Gasteiger partial charge < -0.3 is 30.3 Å². The molecule has 0 unspecified atom stereocenters. The van der Waals surface area contributed by atoms with Crippen molar-refractivity contribution >= 4 is 40.4 Å². The fourth-order valence-corrected chi connectivity index (χ4v) is 4.45. The molecule has 1 saturated heterocycles. The number of hydrogen-bond donors (Lipinski definition) is 3. The molecule has 0 atom stereocenters. The van der Waals surface area contributed by atoms with Crippen molar-refractivity contribution in [2.45, 2.75) is 6.61 Å². The number of nitriles is 1. The van der Waals surface area contributed by atoms with Gasteiger partial charge in [-0.05, 0) is 30.3 Å². The molecule has 9 nitrogen and oxygen atoms in total. The first-order valence-corrected chi connectivity index (χ1v) is 13.0. The molecular formula is C29H27ClFN7O2. The van der Waals surface area contributed by atoms with Crippen LogP contribution in [0.1, 0.15) is 11.1 Å². The smallest absolute Gasteiger partial charge is 0.229 e. The molecule has 3 N–H and O–H groups in total. The van der Waals surface area contributed by atoms with Gasteiger partial charge in [0, 0.05) is 43.5 Å². The summed E-state index contributed by atoms with van der Waals surface area (Å²) >= 11 is 6.40. The SMILES string of the molecule is COc1cc(N2CCNCC2)ccc1Nc1ncc(Cl)c(Nc2cccc(OCc3ccccc3F)c2C#N)n1. The van der Waals surface area contributed by atoms with Crippen LogP contribution in [0.25, 0.3) is 0 Å². The molecule has 0 bridgehead atoms. The lowest BCUT2D eigenvalue weighted by molar-refractivity contribution is 0.299. The van der Waals surface area contributed by atoms with Crippen molar-refractivity contribution in [3.05, 3.63) is 88.8 Å². The molecule has 5 rings (SSSR count). The van der Waals surface area contributed by atoms with Crippen LogP contribution in [0.15, 0.2) is 66.9 Å². The number of halogens is 2. The van der Waals surface area contributed by atoms with Gasteiger partial charge in [0.1, 0.15) is 40.6 Å². The van der Waals surface area contributed by atoms with Gasteiger partial charge >= 0.3 is 0 Å². The number of anilines is 5. The van der Waals surface area contributed by atoms with Crippen LogP contribution in [0.4, 0.5) is 33.2 Å². The second-order valence-corrected chi connectivity index (χ2v) is 9.34. The highest BCUT2D eigenvalue weighted by Gasteiger charge is 2.16. The van der Waals surface area contributed by atoms with Gasteiger partial charge in [0.15, 0.2) is 5.82 Å². The summed E-state index contributed by atoms with van der Waals surface area (Å²) in [6.45, 7) is 3.69. The zero-order valence-corrected chi connectivity index (χ0v) is 22.5. The maximum Gasteiger partial charge on any atom is 0.229 e. The number of nitrogens with one attached hydrogen (secondary N) is 3. The third-order valence-electron chi connectivity index (χ3n) is 6.39. The van der Waals surface area contributed by atoms with E-state index < -0.39 is 0 Å². The quantitative estimate of drug-likeness (QED) is 0.240. The summed E-state index contributed by atoms with van der Waals surface area (Å²) in [6, 6.07) is 19.5. The Morgan fingerprint density at radius 3 is 2.65 bits per heavy atom. The van der Waals surface area contributed by atoms with Crippen molar-refractivity contribution in [1.29, 1.82) is 5.26 Å². The summed E-state index contributed by atoms with van der Waals surface area (Å²) in [5.74, 6) is 1.14. The first-order chi connectivity index (χ1) is 19.6. The van der Waals surface area contributed by atoms with Gasteiger partial charge in [-0.1, -0.05) is 35.9 Å². The fraction of sp³-hybridized carbons (Fsp3) is 0.207. The molecule has 0 amide bonds. The number of methoxy groups -OCH3 is 1. The van der Waals surface area contributed by atoms with Crippen LogP contribution in [-0.2, 0) is 6.61 Å². The van der Waals surface area contributed by atoms with Gasteiger partial charge in [-0.15, -0.1) is 0 Å². The monoisotopic (exact) mass is 559 g/mol. The van der Waals surface area contributed by atoms with Crippen LogP contribution in [0.5, 0.6) is 11.5 Å². The van der Waals surface area contributed by atoms with Crippen molar-refractivity contribution in [2.75, 3.05) is 48.8 Å². The normalized spacial score (nSPS) is 12.9. The highest BCUT2D eigenvalue weighted by atomic mass is 35.5. The minimum Gasteiger partial charge on any atom is -0.494 e. The highest BCUT2D eigenvalue weighted by Crippen LogP contribution is 2.34. The van der Waals surface area contributed by atoms with E-state index in [4.69, 9.17) is 21.1 Å². The predicted molar refractivity (Wildman–Crippen MR) is 154 cm³/mol. The molecule has 0 saturated carbocycles. The van der Waals surface area contributed by atoms with Crippen molar-refractivity contribution in [1.82, 2.24) is 15.3 Å². The predicted octanol–water partition coefficient (Wildman–Crippen LogP) is 5.63. The molecule has 3 aromatic carbocycles. The molecule has 1 aromatic heterocycles. The van der Waals surface area contributed by atoms with Gasteiger partial charge in [-0.2, -0.15) is 10.2 Å². The van der Waals surface area contributed by atoms with Crippen LogP contribution in [0, 0.1) is 17.1 Å². The molecule has 0 aliphatic carbocycles. The Kier molecular flexibility index (Phi) is 8.44. The summed E-state index contributed by atoms with van der Waals surface area (Å²) < 4.78 is 25.4. The van der Waals surface area contributed by atoms with Gasteiger partial charge in [0.25, 0.3) is 0 Å². The summed E-state index contributed by atoms with van der Waals surface area (Å²) in [7, 11) is 1.61. The lowest BCUT2D eigenvalue weighted by Crippen LogP contribution is -2.43. The van der Waals surface area contributed by atoms with Crippen LogP contribution in [0.3, 0.4) is 0 Å². The molecule has 40 heavy (non-hydrogen) atoms. The van der Waals surface area contributed by atoms with E-state index in [2.05, 4.69) is 36.9 Å². The first kappa shape index (κ1) is 27.0. The van der Waals surface area contributed by atoms with Crippen molar-refractivity contribution in [2.24, 2.45) is 0 Å². The Labute approximate surface area is 236 Å². The third-order valence-corrected chi connectivity index (χ3v) is 6.67. The summed E-state index contributed by atoms with van der Waals surface area (Å²) in [4.78, 5) is 11.1. The molecule has 204 valence electrons. The number of piperazine rings is 1. The van der Waals surface area contributed by atoms with Gasteiger partial charge in [-0.3, -0.25) is 0 Å². The fourth-order valence-electron chi connectivity index (χ4n) is 4.31. The Morgan fingerprint density at radius 1 is 1.05 bits per heavy atom. The standard InChI is InChI=1S/C29H27ClFN7O2/c1-39-27-15-20(38-13-11-33-12-14-38)9-10-25(27)36-29-34-17-22(30)28(37-29)35-24-7-4-8-26(21(24)16-32)40-18-19-5-2-3-6-23(19)31/h2-10,15,17,33H,11-14,18H2,1H3,(H2,34,35,36,37). The lowest BCUT2D eigenvalue weighted by Gasteiger charge is -2.30. The van der Waals surface area contributed by atoms with Gasteiger partial charge in [0.2, 0.25) is 5.95 Å². The highest BCUT2D eigenvalue weighted by molar-refractivity contribution is 6.33. The Balaban J connectivity index is 1.35. The third kappa shape index (κ3) is 6.17. The van der Waals surface area contributed by atoms with Crippen molar-refractivity contribution in [3.63, 3.8) is 0 Å². The molecule has 2 heterocycles. The number of benzene rings is 3. The minimum absolute atomic E-state index is 0.0254. The van der Waals surface area contributed by atoms with E-state index in [1.165, 1.54) is 12.3 Å². The number of rotatable bonds is 9. The summed E-state index contributed by atoms with van der Waals surface area (Å²) in [6.07, 6.45) is 1.46. The summed E-state index contributed by atoms with van der Waals surface area (Å²) in [5, 5.41) is 19.8. The van der Waals surface area contributed by atoms with E-state index in [1.54, 1.807) is 43.5 Å². The van der Waals surface area contributed by atoms with Crippen LogP contribution in [0.2, 0.25) is 5.02 Å². The molecule has 4 aromatic rings. The first-order valence-electron chi connectivity index (χ1n) is 12.7. The average molecular weight is 560 g/mol. The van der Waals surface area contributed by atoms with Crippen LogP contribution in [-0.4, -0.2) is 43.3 Å². The van der Waals surface area contributed by atoms with E-state index in [0.717, 1.165) is 31.9 Å². The topological polar surface area (TPSA) is 107 Å². The van der Waals surface area contributed by atoms with Crippen molar-refractivity contribution in [3.8, 4) is 17.6 Å². The molecule has 1 fully saturated rings. The molecular weight excluding hydrogens is 533 g/mol. The van der Waals surface area contributed by atoms with Gasteiger partial charge in [0.05, 0.1) is 24.7 Å². The van der Waals surface area contributed by atoms with Crippen molar-refractivity contribution < 1.29 is 13.9 Å². The zero-order chi connectivity index (χ0) is 27.9. The summed E-state index contributed by atoms with van der Waals surface area (Å²) in [5.41, 5.74) is 2.81. The zero-order valence-electron chi connectivity index (χ0n) is 21.7. The second-order valence-electron chi connectivity index (χ2n) is 8.93. The molecule has 1 aliphatic heterocycles. The molecule has 0 spiro atoms. The minimum atomic E-state index is -0.377. The number of hydrogen-bond acceptors (Lipinski definition) is 9. The second kappa shape index (κ2) is 12.5. The van der Waals surface area contributed by atoms with E-state index in [0.29, 0.717) is 34.3 Å².